The van der Waals surface area contributed by atoms with E-state index in [1.807, 2.05) is 97.2 Å². The highest BCUT2D eigenvalue weighted by molar-refractivity contribution is 7.99. The number of aryl methyl sites for hydroxylation is 1. The Hall–Kier alpha value is -3.71. The summed E-state index contributed by atoms with van der Waals surface area (Å²) < 4.78 is 17.4. The lowest BCUT2D eigenvalue weighted by molar-refractivity contribution is 0.397. The van der Waals surface area contributed by atoms with E-state index in [1.54, 1.807) is 22.5 Å². The second-order valence-corrected chi connectivity index (χ2v) is 9.06. The van der Waals surface area contributed by atoms with Gasteiger partial charge in [-0.3, -0.25) is 4.57 Å². The lowest BCUT2D eigenvalue weighted by Gasteiger charge is -2.37. The van der Waals surface area contributed by atoms with E-state index in [2.05, 4.69) is 20.4 Å². The van der Waals surface area contributed by atoms with Gasteiger partial charge in [0.1, 0.15) is 10.6 Å². The van der Waals surface area contributed by atoms with Crippen LogP contribution in [0.3, 0.4) is 0 Å². The highest BCUT2D eigenvalue weighted by Crippen LogP contribution is 2.41. The molecule has 5 rings (SSSR count). The maximum Gasteiger partial charge on any atom is 0.290 e. The Balaban J connectivity index is 1.57. The topological polar surface area (TPSA) is 59.4 Å². The number of rotatable bonds is 9. The zero-order chi connectivity index (χ0) is 23.2. The molecular formula is C27H24FN5S. The first kappa shape index (κ1) is 22.1. The lowest BCUT2D eigenvalue weighted by Crippen LogP contribution is -2.38. The molecule has 0 amide bonds. The summed E-state index contributed by atoms with van der Waals surface area (Å²) in [5.41, 5.74) is 2.74. The van der Waals surface area contributed by atoms with Gasteiger partial charge in [-0.2, -0.15) is 14.7 Å². The van der Waals surface area contributed by atoms with Gasteiger partial charge in [0, 0.05) is 6.20 Å². The zero-order valence-corrected chi connectivity index (χ0v) is 19.3. The molecule has 0 saturated heterocycles. The predicted octanol–water partition coefficient (Wildman–Crippen LogP) is 5.71. The molecule has 34 heavy (non-hydrogen) atoms. The number of thioether (sulfide) groups is 1. The third kappa shape index (κ3) is 4.26. The summed E-state index contributed by atoms with van der Waals surface area (Å²) in [7, 11) is 0. The molecule has 0 aliphatic heterocycles. The van der Waals surface area contributed by atoms with Crippen LogP contribution < -0.4 is 0 Å². The van der Waals surface area contributed by atoms with Crippen LogP contribution in [0.1, 0.15) is 28.8 Å². The van der Waals surface area contributed by atoms with E-state index in [4.69, 9.17) is 0 Å². The Morgan fingerprint density at radius 2 is 1.38 bits per heavy atom. The summed E-state index contributed by atoms with van der Waals surface area (Å²) in [5.74, 6) is 0.849. The largest absolute Gasteiger partial charge is 0.290 e. The number of hydrogen-bond donors (Lipinski definition) is 1. The zero-order valence-electron chi connectivity index (χ0n) is 18.5. The minimum Gasteiger partial charge on any atom is -0.289 e. The molecule has 0 unspecified atom stereocenters. The molecule has 1 N–H and O–H groups in total. The van der Waals surface area contributed by atoms with Crippen molar-refractivity contribution in [3.8, 4) is 0 Å². The molecule has 2 heterocycles. The van der Waals surface area contributed by atoms with Crippen molar-refractivity contribution in [1.29, 1.82) is 0 Å². The monoisotopic (exact) mass is 469 g/mol. The van der Waals surface area contributed by atoms with Crippen LogP contribution in [0, 0.1) is 6.08 Å². The molecular weight excluding hydrogens is 445 g/mol. The second kappa shape index (κ2) is 10.1. The average Bonchev–Trinajstić information content (AvgIpc) is 3.55. The molecule has 0 bridgehead atoms. The number of nitrogens with one attached hydrogen (secondary N) is 1. The number of aromatic nitrogens is 5. The molecule has 2 aromatic heterocycles. The van der Waals surface area contributed by atoms with Crippen LogP contribution in [0.4, 0.5) is 4.39 Å². The third-order valence-electron chi connectivity index (χ3n) is 5.87. The Bertz CT molecular complexity index is 1210. The summed E-state index contributed by atoms with van der Waals surface area (Å²) in [6.07, 6.45) is 4.58. The summed E-state index contributed by atoms with van der Waals surface area (Å²) in [6.45, 7) is 0. The van der Waals surface area contributed by atoms with Gasteiger partial charge in [0.25, 0.3) is 6.08 Å². The number of hydrogen-bond acceptors (Lipinski definition) is 4. The van der Waals surface area contributed by atoms with E-state index < -0.39 is 11.6 Å². The van der Waals surface area contributed by atoms with Crippen molar-refractivity contribution in [1.82, 2.24) is 25.0 Å². The summed E-state index contributed by atoms with van der Waals surface area (Å²) in [4.78, 5) is 4.34. The molecule has 0 spiro atoms. The Morgan fingerprint density at radius 1 is 0.824 bits per heavy atom. The molecule has 7 heteroatoms. The Labute approximate surface area is 202 Å². The van der Waals surface area contributed by atoms with Crippen LogP contribution >= 0.6 is 11.8 Å². The molecule has 0 radical (unpaired) electrons. The van der Waals surface area contributed by atoms with Gasteiger partial charge >= 0.3 is 0 Å². The first-order chi connectivity index (χ1) is 16.8. The molecule has 3 aromatic carbocycles. The predicted molar refractivity (Wildman–Crippen MR) is 132 cm³/mol. The fourth-order valence-corrected chi connectivity index (χ4v) is 5.14. The number of aromatic amines is 1. The Kier molecular flexibility index (Phi) is 6.53. The molecule has 0 atom stereocenters. The maximum atomic E-state index is 15.7. The first-order valence-corrected chi connectivity index (χ1v) is 12.2. The minimum atomic E-state index is -0.894. The fraction of sp³-hybridized carbons (Fsp3) is 0.148. The molecule has 5 nitrogen and oxygen atoms in total. The van der Waals surface area contributed by atoms with E-state index in [0.29, 0.717) is 6.42 Å². The number of benzene rings is 3. The van der Waals surface area contributed by atoms with Crippen LogP contribution in [-0.2, 0) is 12.0 Å². The van der Waals surface area contributed by atoms with Crippen molar-refractivity contribution in [3.63, 3.8) is 0 Å². The quantitative estimate of drug-likeness (QED) is 0.171. The standard InChI is InChI=1S/C27H24FN5S/c28-26-30-24(17-10-18-34-25-19-29-32-31-25)20-33(26)27(21-11-4-1-5-12-21,22-13-6-2-7-14-22)23-15-8-3-9-16-23/h1-9,11-16,19-20H,10,17-18H2,(H,29,31,32). The van der Waals surface area contributed by atoms with Crippen LogP contribution in [0.5, 0.6) is 0 Å². The fourth-order valence-electron chi connectivity index (χ4n) is 4.41. The molecule has 5 aromatic rings. The first-order valence-electron chi connectivity index (χ1n) is 11.2. The van der Waals surface area contributed by atoms with Crippen molar-refractivity contribution >= 4 is 11.8 Å². The van der Waals surface area contributed by atoms with E-state index in [-0.39, 0.29) is 0 Å². The second-order valence-electron chi connectivity index (χ2n) is 7.94. The SMILES string of the molecule is Fc1nc(CCCSc2cn[nH]n2)cn1C(c1ccccc1)(c1ccccc1)c1ccccc1. The summed E-state index contributed by atoms with van der Waals surface area (Å²) in [6, 6.07) is 30.2. The van der Waals surface area contributed by atoms with Crippen LogP contribution in [-0.4, -0.2) is 30.7 Å². The highest BCUT2D eigenvalue weighted by atomic mass is 32.2. The van der Waals surface area contributed by atoms with E-state index in [9.17, 15) is 0 Å². The average molecular weight is 470 g/mol. The molecule has 0 saturated carbocycles. The number of H-pyrrole nitrogens is 1. The third-order valence-corrected chi connectivity index (χ3v) is 6.85. The van der Waals surface area contributed by atoms with Crippen LogP contribution in [0.25, 0.3) is 0 Å². The van der Waals surface area contributed by atoms with E-state index >= 15 is 4.39 Å². The van der Waals surface area contributed by atoms with Gasteiger partial charge in [0.2, 0.25) is 0 Å². The van der Waals surface area contributed by atoms with Crippen molar-refractivity contribution < 1.29 is 4.39 Å². The number of nitrogens with zero attached hydrogens (tertiary/aromatic N) is 4. The molecule has 0 aliphatic carbocycles. The van der Waals surface area contributed by atoms with Crippen LogP contribution in [0.2, 0.25) is 0 Å². The van der Waals surface area contributed by atoms with Gasteiger partial charge < -0.3 is 0 Å². The number of halogens is 1. The van der Waals surface area contributed by atoms with E-state index in [0.717, 1.165) is 39.6 Å². The van der Waals surface area contributed by atoms with Crippen molar-refractivity contribution in [2.24, 2.45) is 0 Å². The summed E-state index contributed by atoms with van der Waals surface area (Å²) in [5, 5.41) is 11.4. The lowest BCUT2D eigenvalue weighted by atomic mass is 9.76. The maximum absolute atomic E-state index is 15.7. The van der Waals surface area contributed by atoms with E-state index in [1.165, 1.54) is 0 Å². The smallest absolute Gasteiger partial charge is 0.289 e. The normalized spacial score (nSPS) is 11.6. The van der Waals surface area contributed by atoms with Crippen LogP contribution in [0.15, 0.2) is 108 Å². The van der Waals surface area contributed by atoms with Gasteiger partial charge in [-0.1, -0.05) is 91.0 Å². The van der Waals surface area contributed by atoms with Crippen molar-refractivity contribution in [2.75, 3.05) is 5.75 Å². The highest BCUT2D eigenvalue weighted by Gasteiger charge is 2.40. The summed E-state index contributed by atoms with van der Waals surface area (Å²) >= 11 is 1.62. The van der Waals surface area contributed by atoms with Gasteiger partial charge in [-0.25, -0.2) is 4.98 Å². The minimum absolute atomic E-state index is 0.504. The molecule has 170 valence electrons. The van der Waals surface area contributed by atoms with Crippen molar-refractivity contribution in [3.05, 3.63) is 132 Å². The Morgan fingerprint density at radius 3 is 1.88 bits per heavy atom. The van der Waals surface area contributed by atoms with Gasteiger partial charge in [-0.15, -0.1) is 16.9 Å². The number of imidazole rings is 1. The van der Waals surface area contributed by atoms with Gasteiger partial charge in [-0.05, 0) is 35.3 Å². The van der Waals surface area contributed by atoms with Gasteiger partial charge in [0.05, 0.1) is 11.9 Å². The van der Waals surface area contributed by atoms with Crippen molar-refractivity contribution in [2.45, 2.75) is 23.4 Å². The molecule has 0 fully saturated rings. The van der Waals surface area contributed by atoms with Gasteiger partial charge in [0.15, 0.2) is 0 Å². The molecule has 0 aliphatic rings.